The maximum atomic E-state index is 11.3. The molecule has 0 bridgehead atoms. The first-order valence-corrected chi connectivity index (χ1v) is 6.68. The summed E-state index contributed by atoms with van der Waals surface area (Å²) < 4.78 is 4.65. The average Bonchev–Trinajstić information content (AvgIpc) is 2.75. The monoisotopic (exact) mass is 278 g/mol. The molecule has 1 aliphatic rings. The van der Waals surface area contributed by atoms with Gasteiger partial charge in [0, 0.05) is 27.7 Å². The van der Waals surface area contributed by atoms with E-state index in [-0.39, 0.29) is 12.1 Å². The number of hydrogen-bond acceptors (Lipinski definition) is 2. The summed E-state index contributed by atoms with van der Waals surface area (Å²) in [4.78, 5) is 14.7. The lowest BCUT2D eigenvalue weighted by molar-refractivity contribution is 0.165. The average molecular weight is 279 g/mol. The normalized spacial score (nSPS) is 18.1. The molecular formula is C14H15ClN2O2. The molecule has 2 aromatic rings. The van der Waals surface area contributed by atoms with E-state index >= 15 is 0 Å². The Morgan fingerprint density at radius 1 is 1.53 bits per heavy atom. The quantitative estimate of drug-likeness (QED) is 0.842. The maximum Gasteiger partial charge on any atom is 0.407 e. The molecule has 0 saturated heterocycles. The largest absolute Gasteiger partial charge is 0.453 e. The number of halogens is 1. The first-order chi connectivity index (χ1) is 9.17. The van der Waals surface area contributed by atoms with Crippen LogP contribution in [-0.4, -0.2) is 24.2 Å². The van der Waals surface area contributed by atoms with Crippen molar-refractivity contribution >= 4 is 28.6 Å². The van der Waals surface area contributed by atoms with Crippen LogP contribution in [0.25, 0.3) is 10.9 Å². The Kier molecular flexibility index (Phi) is 3.11. The first kappa shape index (κ1) is 12.4. The van der Waals surface area contributed by atoms with Gasteiger partial charge in [-0.3, -0.25) is 0 Å². The highest BCUT2D eigenvalue weighted by Crippen LogP contribution is 2.30. The number of alkyl carbamates (subject to hydrolysis) is 1. The summed E-state index contributed by atoms with van der Waals surface area (Å²) >= 11 is 6.01. The molecular weight excluding hydrogens is 264 g/mol. The van der Waals surface area contributed by atoms with Gasteiger partial charge in [0.2, 0.25) is 0 Å². The molecule has 0 radical (unpaired) electrons. The highest BCUT2D eigenvalue weighted by Gasteiger charge is 2.23. The first-order valence-electron chi connectivity index (χ1n) is 6.31. The van der Waals surface area contributed by atoms with Gasteiger partial charge in [-0.25, -0.2) is 4.79 Å². The van der Waals surface area contributed by atoms with Gasteiger partial charge in [0.1, 0.15) is 0 Å². The van der Waals surface area contributed by atoms with Gasteiger partial charge in [-0.2, -0.15) is 0 Å². The summed E-state index contributed by atoms with van der Waals surface area (Å²) in [6, 6.07) is 6.01. The summed E-state index contributed by atoms with van der Waals surface area (Å²) in [5.41, 5.74) is 3.59. The smallest absolute Gasteiger partial charge is 0.407 e. The summed E-state index contributed by atoms with van der Waals surface area (Å²) in [6.45, 7) is 0. The minimum atomic E-state index is -0.365. The van der Waals surface area contributed by atoms with E-state index in [1.54, 1.807) is 0 Å². The Labute approximate surface area is 116 Å². The number of ether oxygens (including phenoxy) is 1. The molecule has 1 atom stereocenters. The second-order valence-electron chi connectivity index (χ2n) is 4.85. The summed E-state index contributed by atoms with van der Waals surface area (Å²) in [5, 5.41) is 4.80. The van der Waals surface area contributed by atoms with Gasteiger partial charge >= 0.3 is 6.09 Å². The molecule has 0 fully saturated rings. The van der Waals surface area contributed by atoms with Crippen LogP contribution in [0.3, 0.4) is 0 Å². The van der Waals surface area contributed by atoms with Crippen molar-refractivity contribution in [1.82, 2.24) is 10.3 Å². The molecule has 19 heavy (non-hydrogen) atoms. The highest BCUT2D eigenvalue weighted by atomic mass is 35.5. The van der Waals surface area contributed by atoms with Crippen LogP contribution in [0.1, 0.15) is 17.7 Å². The fourth-order valence-corrected chi connectivity index (χ4v) is 2.92. The second kappa shape index (κ2) is 4.78. The lowest BCUT2D eigenvalue weighted by Gasteiger charge is -2.22. The molecule has 5 heteroatoms. The van der Waals surface area contributed by atoms with Gasteiger partial charge in [-0.1, -0.05) is 17.7 Å². The van der Waals surface area contributed by atoms with Crippen LogP contribution in [0.5, 0.6) is 0 Å². The van der Waals surface area contributed by atoms with E-state index in [0.29, 0.717) is 0 Å². The molecule has 2 N–H and O–H groups in total. The van der Waals surface area contributed by atoms with Crippen LogP contribution in [0.2, 0.25) is 5.02 Å². The number of aryl methyl sites for hydroxylation is 1. The molecule has 1 aromatic heterocycles. The molecule has 3 rings (SSSR count). The van der Waals surface area contributed by atoms with Crippen LogP contribution < -0.4 is 5.32 Å². The minimum absolute atomic E-state index is 0.134. The third kappa shape index (κ3) is 2.28. The van der Waals surface area contributed by atoms with Crippen LogP contribution in [0.15, 0.2) is 18.2 Å². The number of aromatic nitrogens is 1. The number of benzene rings is 1. The maximum absolute atomic E-state index is 11.3. The number of methoxy groups -OCH3 is 1. The fraction of sp³-hybridized carbons (Fsp3) is 0.357. The van der Waals surface area contributed by atoms with Crippen LogP contribution >= 0.6 is 11.6 Å². The number of amides is 1. The van der Waals surface area contributed by atoms with Crippen molar-refractivity contribution in [3.8, 4) is 0 Å². The van der Waals surface area contributed by atoms with Crippen LogP contribution in [0.4, 0.5) is 4.79 Å². The van der Waals surface area contributed by atoms with Crippen molar-refractivity contribution < 1.29 is 9.53 Å². The lowest BCUT2D eigenvalue weighted by atomic mass is 9.91. The lowest BCUT2D eigenvalue weighted by Crippen LogP contribution is -2.38. The van der Waals surface area contributed by atoms with Crippen molar-refractivity contribution in [2.75, 3.05) is 7.11 Å². The number of H-pyrrole nitrogens is 1. The zero-order chi connectivity index (χ0) is 13.4. The number of rotatable bonds is 1. The molecule has 0 spiro atoms. The molecule has 4 nitrogen and oxygen atoms in total. The summed E-state index contributed by atoms with van der Waals surface area (Å²) in [5.74, 6) is 0. The zero-order valence-electron chi connectivity index (χ0n) is 10.6. The van der Waals surface area contributed by atoms with E-state index in [2.05, 4.69) is 15.0 Å². The standard InChI is InChI=1S/C14H15ClN2O2/c1-19-14(18)16-9-3-5-12-11(7-9)10-4-2-8(15)6-13(10)17-12/h2,4,6,9,17H,3,5,7H2,1H3,(H,16,18). The van der Waals surface area contributed by atoms with Crippen molar-refractivity contribution in [2.24, 2.45) is 0 Å². The zero-order valence-corrected chi connectivity index (χ0v) is 11.4. The molecule has 100 valence electrons. The van der Waals surface area contributed by atoms with E-state index in [1.165, 1.54) is 23.8 Å². The third-order valence-corrected chi connectivity index (χ3v) is 3.89. The number of nitrogens with one attached hydrogen (secondary N) is 2. The number of fused-ring (bicyclic) bond motifs is 3. The predicted octanol–water partition coefficient (Wildman–Crippen LogP) is 3.03. The van der Waals surface area contributed by atoms with Crippen LogP contribution in [-0.2, 0) is 17.6 Å². The topological polar surface area (TPSA) is 54.1 Å². The molecule has 1 aliphatic carbocycles. The van der Waals surface area contributed by atoms with E-state index < -0.39 is 0 Å². The van der Waals surface area contributed by atoms with Crippen LogP contribution in [0, 0.1) is 0 Å². The van der Waals surface area contributed by atoms with E-state index in [4.69, 9.17) is 11.6 Å². The third-order valence-electron chi connectivity index (χ3n) is 3.66. The number of carbonyl (C=O) groups excluding carboxylic acids is 1. The number of aromatic amines is 1. The Hall–Kier alpha value is -1.68. The minimum Gasteiger partial charge on any atom is -0.453 e. The van der Waals surface area contributed by atoms with Crippen molar-refractivity contribution in [3.05, 3.63) is 34.5 Å². The number of hydrogen-bond donors (Lipinski definition) is 2. The SMILES string of the molecule is COC(=O)NC1CCc2[nH]c3cc(Cl)ccc3c2C1. The van der Waals surface area contributed by atoms with E-state index in [1.807, 2.05) is 18.2 Å². The molecule has 0 aliphatic heterocycles. The molecule has 1 unspecified atom stereocenters. The Balaban J connectivity index is 1.91. The summed E-state index contributed by atoms with van der Waals surface area (Å²) in [6.07, 6.45) is 2.31. The molecule has 1 heterocycles. The Morgan fingerprint density at radius 3 is 3.16 bits per heavy atom. The van der Waals surface area contributed by atoms with Gasteiger partial charge in [-0.05, 0) is 37.0 Å². The van der Waals surface area contributed by atoms with Crippen molar-refractivity contribution in [2.45, 2.75) is 25.3 Å². The predicted molar refractivity (Wildman–Crippen MR) is 74.7 cm³/mol. The van der Waals surface area contributed by atoms with E-state index in [0.717, 1.165) is 29.8 Å². The highest BCUT2D eigenvalue weighted by molar-refractivity contribution is 6.31. The van der Waals surface area contributed by atoms with Crippen molar-refractivity contribution in [1.29, 1.82) is 0 Å². The Bertz CT molecular complexity index is 636. The van der Waals surface area contributed by atoms with Gasteiger partial charge < -0.3 is 15.0 Å². The molecule has 1 amide bonds. The van der Waals surface area contributed by atoms with Gasteiger partial charge in [0.15, 0.2) is 0 Å². The Morgan fingerprint density at radius 2 is 2.37 bits per heavy atom. The molecule has 0 saturated carbocycles. The molecule has 1 aromatic carbocycles. The van der Waals surface area contributed by atoms with Crippen molar-refractivity contribution in [3.63, 3.8) is 0 Å². The van der Waals surface area contributed by atoms with Gasteiger partial charge in [0.25, 0.3) is 0 Å². The second-order valence-corrected chi connectivity index (χ2v) is 5.28. The number of carbonyl (C=O) groups is 1. The van der Waals surface area contributed by atoms with E-state index in [9.17, 15) is 4.79 Å². The van der Waals surface area contributed by atoms with Gasteiger partial charge in [0.05, 0.1) is 7.11 Å². The fourth-order valence-electron chi connectivity index (χ4n) is 2.75. The van der Waals surface area contributed by atoms with Gasteiger partial charge in [-0.15, -0.1) is 0 Å². The summed E-state index contributed by atoms with van der Waals surface area (Å²) in [7, 11) is 1.39.